The maximum absolute atomic E-state index is 5.58. The summed E-state index contributed by atoms with van der Waals surface area (Å²) >= 11 is 1.75. The molecule has 0 fully saturated rings. The minimum absolute atomic E-state index is 0. The molecule has 0 radical (unpaired) electrons. The van der Waals surface area contributed by atoms with Crippen LogP contribution in [-0.4, -0.2) is 6.26 Å². The number of hydrogen-bond acceptors (Lipinski definition) is 2. The summed E-state index contributed by atoms with van der Waals surface area (Å²) in [4.78, 5) is 1.29. The van der Waals surface area contributed by atoms with E-state index in [9.17, 15) is 0 Å². The van der Waals surface area contributed by atoms with Crippen molar-refractivity contribution < 1.29 is 0 Å². The molecule has 12 heavy (non-hydrogen) atoms. The smallest absolute Gasteiger partial charge is 0.0189 e. The summed E-state index contributed by atoms with van der Waals surface area (Å²) in [5.74, 6) is 0. The number of thioether (sulfide) groups is 1. The van der Waals surface area contributed by atoms with Gasteiger partial charge in [-0.3, -0.25) is 0 Å². The Labute approximate surface area is 84.1 Å². The molecule has 3 heteroatoms. The standard InChI is InChI=1S/C9H13NS.ClH/c1-7-3-4-9(11-2)8(5-7)6-10;/h3-5H,6,10H2,1-2H3;1H. The Hall–Kier alpha value is -0.180. The van der Waals surface area contributed by atoms with Crippen molar-refractivity contribution >= 4 is 24.2 Å². The van der Waals surface area contributed by atoms with Crippen LogP contribution in [0.4, 0.5) is 0 Å². The van der Waals surface area contributed by atoms with E-state index < -0.39 is 0 Å². The molecule has 0 aromatic heterocycles. The molecule has 0 bridgehead atoms. The van der Waals surface area contributed by atoms with Crippen LogP contribution in [0.25, 0.3) is 0 Å². The molecule has 0 spiro atoms. The fraction of sp³-hybridized carbons (Fsp3) is 0.333. The summed E-state index contributed by atoms with van der Waals surface area (Å²) < 4.78 is 0. The zero-order valence-electron chi connectivity index (χ0n) is 7.33. The van der Waals surface area contributed by atoms with Gasteiger partial charge in [0.2, 0.25) is 0 Å². The van der Waals surface area contributed by atoms with Crippen LogP contribution in [-0.2, 0) is 6.54 Å². The highest BCUT2D eigenvalue weighted by Crippen LogP contribution is 2.20. The maximum Gasteiger partial charge on any atom is 0.0189 e. The third kappa shape index (κ3) is 2.70. The Morgan fingerprint density at radius 1 is 1.42 bits per heavy atom. The fourth-order valence-corrected chi connectivity index (χ4v) is 1.68. The summed E-state index contributed by atoms with van der Waals surface area (Å²) in [5.41, 5.74) is 8.11. The van der Waals surface area contributed by atoms with Gasteiger partial charge in [-0.2, -0.15) is 0 Å². The second-order valence-corrected chi connectivity index (χ2v) is 3.37. The lowest BCUT2D eigenvalue weighted by Crippen LogP contribution is -1.98. The predicted molar refractivity (Wildman–Crippen MR) is 58.1 cm³/mol. The van der Waals surface area contributed by atoms with Crippen LogP contribution in [0.2, 0.25) is 0 Å². The van der Waals surface area contributed by atoms with Crippen molar-refractivity contribution in [2.45, 2.75) is 18.4 Å². The summed E-state index contributed by atoms with van der Waals surface area (Å²) in [6.07, 6.45) is 2.07. The zero-order chi connectivity index (χ0) is 8.27. The van der Waals surface area contributed by atoms with E-state index in [1.165, 1.54) is 16.0 Å². The van der Waals surface area contributed by atoms with Crippen molar-refractivity contribution in [3.8, 4) is 0 Å². The monoisotopic (exact) mass is 203 g/mol. The molecular weight excluding hydrogens is 190 g/mol. The average molecular weight is 204 g/mol. The highest BCUT2D eigenvalue weighted by atomic mass is 35.5. The van der Waals surface area contributed by atoms with E-state index in [4.69, 9.17) is 5.73 Å². The normalized spacial score (nSPS) is 9.25. The molecule has 0 aliphatic carbocycles. The lowest BCUT2D eigenvalue weighted by Gasteiger charge is -2.04. The van der Waals surface area contributed by atoms with Crippen molar-refractivity contribution in [2.75, 3.05) is 6.26 Å². The van der Waals surface area contributed by atoms with E-state index in [-0.39, 0.29) is 12.4 Å². The first-order valence-electron chi connectivity index (χ1n) is 3.61. The van der Waals surface area contributed by atoms with Crippen LogP contribution < -0.4 is 5.73 Å². The number of benzene rings is 1. The van der Waals surface area contributed by atoms with Gasteiger partial charge < -0.3 is 5.73 Å². The Morgan fingerprint density at radius 3 is 2.58 bits per heavy atom. The second-order valence-electron chi connectivity index (χ2n) is 2.52. The lowest BCUT2D eigenvalue weighted by molar-refractivity contribution is 1.02. The second kappa shape index (κ2) is 5.46. The Morgan fingerprint density at radius 2 is 2.08 bits per heavy atom. The summed E-state index contributed by atoms with van der Waals surface area (Å²) in [5, 5.41) is 0. The largest absolute Gasteiger partial charge is 0.326 e. The number of hydrogen-bond donors (Lipinski definition) is 1. The van der Waals surface area contributed by atoms with Crippen molar-refractivity contribution in [3.63, 3.8) is 0 Å². The van der Waals surface area contributed by atoms with Gasteiger partial charge in [0.15, 0.2) is 0 Å². The molecule has 1 aromatic rings. The van der Waals surface area contributed by atoms with Gasteiger partial charge >= 0.3 is 0 Å². The zero-order valence-corrected chi connectivity index (χ0v) is 8.97. The molecule has 0 heterocycles. The number of nitrogens with two attached hydrogens (primary N) is 1. The third-order valence-electron chi connectivity index (χ3n) is 1.66. The lowest BCUT2D eigenvalue weighted by atomic mass is 10.1. The van der Waals surface area contributed by atoms with Crippen LogP contribution in [0.15, 0.2) is 23.1 Å². The number of halogens is 1. The van der Waals surface area contributed by atoms with Crippen molar-refractivity contribution in [3.05, 3.63) is 29.3 Å². The average Bonchev–Trinajstić information content (AvgIpc) is 2.04. The highest BCUT2D eigenvalue weighted by molar-refractivity contribution is 7.98. The number of aryl methyl sites for hydroxylation is 1. The van der Waals surface area contributed by atoms with Crippen LogP contribution in [0, 0.1) is 6.92 Å². The first-order chi connectivity index (χ1) is 5.27. The molecule has 1 rings (SSSR count). The van der Waals surface area contributed by atoms with E-state index in [0.29, 0.717) is 6.54 Å². The van der Waals surface area contributed by atoms with Crippen molar-refractivity contribution in [1.82, 2.24) is 0 Å². The van der Waals surface area contributed by atoms with Crippen LogP contribution >= 0.6 is 24.2 Å². The van der Waals surface area contributed by atoms with Gasteiger partial charge in [0.25, 0.3) is 0 Å². The summed E-state index contributed by atoms with van der Waals surface area (Å²) in [6.45, 7) is 2.72. The van der Waals surface area contributed by atoms with Crippen molar-refractivity contribution in [1.29, 1.82) is 0 Å². The molecule has 0 aliphatic rings. The molecule has 0 unspecified atom stereocenters. The molecule has 68 valence electrons. The molecule has 2 N–H and O–H groups in total. The van der Waals surface area contributed by atoms with Crippen LogP contribution in [0.3, 0.4) is 0 Å². The van der Waals surface area contributed by atoms with Crippen molar-refractivity contribution in [2.24, 2.45) is 5.73 Å². The van der Waals surface area contributed by atoms with Gasteiger partial charge in [0, 0.05) is 11.4 Å². The first kappa shape index (κ1) is 11.8. The molecule has 0 amide bonds. The minimum Gasteiger partial charge on any atom is -0.326 e. The van der Waals surface area contributed by atoms with E-state index in [0.717, 1.165) is 0 Å². The summed E-state index contributed by atoms with van der Waals surface area (Å²) in [6, 6.07) is 6.39. The minimum atomic E-state index is 0. The Kier molecular flexibility index (Phi) is 5.38. The Balaban J connectivity index is 0.00000121. The van der Waals surface area contributed by atoms with Crippen LogP contribution in [0.5, 0.6) is 0 Å². The summed E-state index contributed by atoms with van der Waals surface area (Å²) in [7, 11) is 0. The first-order valence-corrected chi connectivity index (χ1v) is 4.84. The van der Waals surface area contributed by atoms with E-state index in [1.54, 1.807) is 11.8 Å². The van der Waals surface area contributed by atoms with Crippen LogP contribution in [0.1, 0.15) is 11.1 Å². The quantitative estimate of drug-likeness (QED) is 0.748. The molecule has 0 saturated heterocycles. The topological polar surface area (TPSA) is 26.0 Å². The van der Waals surface area contributed by atoms with E-state index in [1.807, 2.05) is 0 Å². The molecule has 0 aliphatic heterocycles. The molecular formula is C9H14ClNS. The van der Waals surface area contributed by atoms with Gasteiger partial charge in [0.05, 0.1) is 0 Å². The van der Waals surface area contributed by atoms with Gasteiger partial charge in [0.1, 0.15) is 0 Å². The SMILES string of the molecule is CSc1ccc(C)cc1CN.Cl. The predicted octanol–water partition coefficient (Wildman–Crippen LogP) is 2.60. The molecule has 0 atom stereocenters. The van der Waals surface area contributed by atoms with Gasteiger partial charge in [-0.25, -0.2) is 0 Å². The van der Waals surface area contributed by atoms with Gasteiger partial charge in [-0.1, -0.05) is 17.7 Å². The number of rotatable bonds is 2. The fourth-order valence-electron chi connectivity index (χ4n) is 1.07. The van der Waals surface area contributed by atoms with E-state index in [2.05, 4.69) is 31.4 Å². The molecule has 0 saturated carbocycles. The van der Waals surface area contributed by atoms with Gasteiger partial charge in [-0.05, 0) is 24.8 Å². The Bertz CT molecular complexity index is 250. The van der Waals surface area contributed by atoms with E-state index >= 15 is 0 Å². The highest BCUT2D eigenvalue weighted by Gasteiger charge is 1.97. The third-order valence-corrected chi connectivity index (χ3v) is 2.49. The maximum atomic E-state index is 5.58. The molecule has 1 nitrogen and oxygen atoms in total. The molecule has 1 aromatic carbocycles. The van der Waals surface area contributed by atoms with Gasteiger partial charge in [-0.15, -0.1) is 24.2 Å².